The van der Waals surface area contributed by atoms with Gasteiger partial charge in [-0.15, -0.1) is 0 Å². The number of nitrogens with zero attached hydrogens (tertiary/aromatic N) is 5. The van der Waals surface area contributed by atoms with Gasteiger partial charge in [0, 0.05) is 30.7 Å². The van der Waals surface area contributed by atoms with Gasteiger partial charge >= 0.3 is 6.01 Å². The minimum Gasteiger partial charge on any atom is -0.395 e. The van der Waals surface area contributed by atoms with Crippen molar-refractivity contribution in [2.24, 2.45) is 5.92 Å². The first-order valence-corrected chi connectivity index (χ1v) is 8.68. The van der Waals surface area contributed by atoms with E-state index < -0.39 is 5.41 Å². The van der Waals surface area contributed by atoms with Gasteiger partial charge in [0.05, 0.1) is 17.7 Å². The Morgan fingerprint density at radius 3 is 2.52 bits per heavy atom. The second-order valence-corrected chi connectivity index (χ2v) is 6.69. The van der Waals surface area contributed by atoms with Crippen molar-refractivity contribution in [3.05, 3.63) is 42.1 Å². The van der Waals surface area contributed by atoms with Crippen molar-refractivity contribution in [3.8, 4) is 11.3 Å². The molecule has 142 valence electrons. The molecular formula is C18H23N7O2. The lowest BCUT2D eigenvalue weighted by atomic mass is 9.73. The first-order chi connectivity index (χ1) is 12.9. The Labute approximate surface area is 157 Å². The summed E-state index contributed by atoms with van der Waals surface area (Å²) in [6.07, 6.45) is 5.09. The first-order valence-electron chi connectivity index (χ1n) is 8.68. The molecule has 1 atom stereocenters. The summed E-state index contributed by atoms with van der Waals surface area (Å²) in [7, 11) is 0. The summed E-state index contributed by atoms with van der Waals surface area (Å²) < 4.78 is 5.26. The zero-order valence-corrected chi connectivity index (χ0v) is 15.5. The average molecular weight is 369 g/mol. The zero-order chi connectivity index (χ0) is 19.4. The lowest BCUT2D eigenvalue weighted by Gasteiger charge is -2.30. The van der Waals surface area contributed by atoms with Crippen LogP contribution in [0.5, 0.6) is 0 Å². The second kappa shape index (κ2) is 7.67. The molecule has 0 saturated carbocycles. The Hall–Kier alpha value is -3.07. The Bertz CT molecular complexity index is 877. The van der Waals surface area contributed by atoms with Crippen LogP contribution in [0, 0.1) is 5.92 Å². The van der Waals surface area contributed by atoms with Crippen LogP contribution in [0.3, 0.4) is 0 Å². The minimum absolute atomic E-state index is 0.0145. The normalized spacial score (nSPS) is 13.5. The molecule has 3 rings (SSSR count). The molecule has 0 spiro atoms. The maximum Gasteiger partial charge on any atom is 0.321 e. The van der Waals surface area contributed by atoms with Gasteiger partial charge in [0.1, 0.15) is 0 Å². The van der Waals surface area contributed by atoms with Gasteiger partial charge in [-0.2, -0.15) is 4.98 Å². The topological polar surface area (TPSA) is 136 Å². The van der Waals surface area contributed by atoms with E-state index >= 15 is 0 Å². The number of nitrogens with one attached hydrogen (secondary N) is 1. The van der Waals surface area contributed by atoms with E-state index in [-0.39, 0.29) is 24.5 Å². The summed E-state index contributed by atoms with van der Waals surface area (Å²) in [6, 6.07) is 4.20. The van der Waals surface area contributed by atoms with Crippen LogP contribution in [0.2, 0.25) is 0 Å². The molecule has 3 aromatic heterocycles. The number of nitrogen functional groups attached to an aromatic ring is 1. The Morgan fingerprint density at radius 2 is 1.93 bits per heavy atom. The Kier molecular flexibility index (Phi) is 5.31. The first kappa shape index (κ1) is 18.7. The van der Waals surface area contributed by atoms with E-state index in [1.165, 1.54) is 0 Å². The van der Waals surface area contributed by atoms with E-state index in [1.807, 2.05) is 18.3 Å². The SMILES string of the molecule is CC(C)C(C)(c1ccc(-c2cnc(N)nc2)nc1)c1noc(NCCO)n1. The molecule has 0 amide bonds. The van der Waals surface area contributed by atoms with E-state index in [9.17, 15) is 0 Å². The highest BCUT2D eigenvalue weighted by atomic mass is 16.5. The summed E-state index contributed by atoms with van der Waals surface area (Å²) in [5, 5.41) is 15.9. The van der Waals surface area contributed by atoms with Crippen molar-refractivity contribution in [2.45, 2.75) is 26.2 Å². The van der Waals surface area contributed by atoms with E-state index in [1.54, 1.807) is 12.4 Å². The maximum absolute atomic E-state index is 8.92. The number of anilines is 2. The van der Waals surface area contributed by atoms with E-state index in [2.05, 4.69) is 51.2 Å². The van der Waals surface area contributed by atoms with Crippen LogP contribution in [-0.2, 0) is 5.41 Å². The molecule has 0 fully saturated rings. The highest BCUT2D eigenvalue weighted by Gasteiger charge is 2.37. The third kappa shape index (κ3) is 3.72. The van der Waals surface area contributed by atoms with Crippen LogP contribution in [0.1, 0.15) is 32.2 Å². The highest BCUT2D eigenvalue weighted by molar-refractivity contribution is 5.57. The fourth-order valence-corrected chi connectivity index (χ4v) is 2.73. The third-order valence-corrected chi connectivity index (χ3v) is 4.76. The van der Waals surface area contributed by atoms with Gasteiger partial charge in [-0.05, 0) is 24.5 Å². The fraction of sp³-hybridized carbons (Fsp3) is 0.389. The Morgan fingerprint density at radius 1 is 1.19 bits per heavy atom. The van der Waals surface area contributed by atoms with Crippen LogP contribution in [0.4, 0.5) is 12.0 Å². The molecule has 3 heterocycles. The number of hydrogen-bond donors (Lipinski definition) is 3. The van der Waals surface area contributed by atoms with Crippen molar-refractivity contribution < 1.29 is 9.63 Å². The number of pyridine rings is 1. The predicted molar refractivity (Wildman–Crippen MR) is 101 cm³/mol. The number of aliphatic hydroxyl groups excluding tert-OH is 1. The summed E-state index contributed by atoms with van der Waals surface area (Å²) >= 11 is 0. The molecule has 0 radical (unpaired) electrons. The molecule has 0 saturated heterocycles. The van der Waals surface area contributed by atoms with Crippen molar-refractivity contribution in [2.75, 3.05) is 24.2 Å². The number of nitrogens with two attached hydrogens (primary N) is 1. The van der Waals surface area contributed by atoms with Gasteiger partial charge in [-0.25, -0.2) is 9.97 Å². The summed E-state index contributed by atoms with van der Waals surface area (Å²) in [4.78, 5) is 17.0. The van der Waals surface area contributed by atoms with Crippen LogP contribution in [0.15, 0.2) is 35.2 Å². The molecule has 0 aliphatic rings. The van der Waals surface area contributed by atoms with Crippen molar-refractivity contribution in [3.63, 3.8) is 0 Å². The molecule has 4 N–H and O–H groups in total. The summed E-state index contributed by atoms with van der Waals surface area (Å²) in [5.41, 5.74) is 7.54. The van der Waals surface area contributed by atoms with E-state index in [0.29, 0.717) is 12.4 Å². The average Bonchev–Trinajstić information content (AvgIpc) is 3.15. The van der Waals surface area contributed by atoms with Gasteiger partial charge in [-0.1, -0.05) is 25.1 Å². The monoisotopic (exact) mass is 369 g/mol. The van der Waals surface area contributed by atoms with Crippen LogP contribution in [0.25, 0.3) is 11.3 Å². The summed E-state index contributed by atoms with van der Waals surface area (Å²) in [5.74, 6) is 0.974. The van der Waals surface area contributed by atoms with Gasteiger partial charge < -0.3 is 20.7 Å². The number of hydrogen-bond acceptors (Lipinski definition) is 9. The van der Waals surface area contributed by atoms with Gasteiger partial charge in [0.2, 0.25) is 5.95 Å². The maximum atomic E-state index is 8.92. The fourth-order valence-electron chi connectivity index (χ4n) is 2.73. The van der Waals surface area contributed by atoms with Crippen LogP contribution in [-0.4, -0.2) is 43.4 Å². The van der Waals surface area contributed by atoms with Crippen LogP contribution < -0.4 is 11.1 Å². The van der Waals surface area contributed by atoms with E-state index in [0.717, 1.165) is 16.8 Å². The van der Waals surface area contributed by atoms with Crippen LogP contribution >= 0.6 is 0 Å². The molecule has 0 bridgehead atoms. The highest BCUT2D eigenvalue weighted by Crippen LogP contribution is 2.37. The molecule has 9 nitrogen and oxygen atoms in total. The number of aromatic nitrogens is 5. The quantitative estimate of drug-likeness (QED) is 0.570. The Balaban J connectivity index is 1.92. The molecule has 1 unspecified atom stereocenters. The largest absolute Gasteiger partial charge is 0.395 e. The van der Waals surface area contributed by atoms with Crippen molar-refractivity contribution >= 4 is 12.0 Å². The minimum atomic E-state index is -0.494. The van der Waals surface area contributed by atoms with Gasteiger partial charge in [-0.3, -0.25) is 4.98 Å². The van der Waals surface area contributed by atoms with Gasteiger partial charge in [0.15, 0.2) is 5.82 Å². The predicted octanol–water partition coefficient (Wildman–Crippen LogP) is 1.87. The molecule has 27 heavy (non-hydrogen) atoms. The lowest BCUT2D eigenvalue weighted by molar-refractivity contribution is 0.308. The third-order valence-electron chi connectivity index (χ3n) is 4.76. The van der Waals surface area contributed by atoms with E-state index in [4.69, 9.17) is 15.4 Å². The smallest absolute Gasteiger partial charge is 0.321 e. The molecule has 0 aromatic carbocycles. The molecule has 3 aromatic rings. The molecule has 9 heteroatoms. The van der Waals surface area contributed by atoms with Crippen molar-refractivity contribution in [1.29, 1.82) is 0 Å². The molecular weight excluding hydrogens is 346 g/mol. The second-order valence-electron chi connectivity index (χ2n) is 6.69. The molecule has 0 aliphatic heterocycles. The standard InChI is InChI=1S/C18H23N7O2/c1-11(2)18(3,15-24-17(27-25-15)20-6-7-26)13-4-5-14(21-10-13)12-8-22-16(19)23-9-12/h4-5,8-11,26H,6-7H2,1-3H3,(H2,19,22,23)(H,20,24,25). The van der Waals surface area contributed by atoms with Crippen molar-refractivity contribution in [1.82, 2.24) is 25.1 Å². The number of rotatable bonds is 7. The van der Waals surface area contributed by atoms with Gasteiger partial charge in [0.25, 0.3) is 0 Å². The lowest BCUT2D eigenvalue weighted by Crippen LogP contribution is -2.31. The number of aliphatic hydroxyl groups is 1. The summed E-state index contributed by atoms with van der Waals surface area (Å²) in [6.45, 7) is 6.58. The zero-order valence-electron chi connectivity index (χ0n) is 15.5. The molecule has 0 aliphatic carbocycles.